The highest BCUT2D eigenvalue weighted by molar-refractivity contribution is 7.89. The molecule has 0 aliphatic rings. The molecule has 1 aromatic heterocycles. The standard InChI is InChI=1S/C19H25N3O3S/c1-11-7-8-20-17(9-11)21-19(23)16(6)22-26(24,25)18-14(4)12(2)10-13(3)15(18)5/h7-10,16,22H,1-6H3,(H,20,21,23)/t16-/m0/s1. The summed E-state index contributed by atoms with van der Waals surface area (Å²) in [6, 6.07) is 4.55. The number of carbonyl (C=O) groups excluding carboxylic acids is 1. The predicted octanol–water partition coefficient (Wildman–Crippen LogP) is 2.93. The molecule has 2 N–H and O–H groups in total. The monoisotopic (exact) mass is 375 g/mol. The lowest BCUT2D eigenvalue weighted by atomic mass is 10.0. The Labute approximate surface area is 155 Å². The van der Waals surface area contributed by atoms with Gasteiger partial charge < -0.3 is 5.32 Å². The van der Waals surface area contributed by atoms with E-state index < -0.39 is 22.0 Å². The second-order valence-corrected chi connectivity index (χ2v) is 8.29. The fourth-order valence-corrected chi connectivity index (χ4v) is 4.59. The van der Waals surface area contributed by atoms with Gasteiger partial charge in [-0.2, -0.15) is 4.72 Å². The van der Waals surface area contributed by atoms with E-state index in [-0.39, 0.29) is 4.90 Å². The summed E-state index contributed by atoms with van der Waals surface area (Å²) in [6.45, 7) is 10.7. The summed E-state index contributed by atoms with van der Waals surface area (Å²) in [4.78, 5) is 16.7. The molecule has 1 atom stereocenters. The molecule has 7 heteroatoms. The normalized spacial score (nSPS) is 12.7. The SMILES string of the molecule is Cc1ccnc(NC(=O)[C@H](C)NS(=O)(=O)c2c(C)c(C)cc(C)c2C)c1. The van der Waals surface area contributed by atoms with E-state index >= 15 is 0 Å². The summed E-state index contributed by atoms with van der Waals surface area (Å²) in [6.07, 6.45) is 1.59. The Balaban J connectivity index is 2.25. The number of rotatable bonds is 5. The van der Waals surface area contributed by atoms with Crippen molar-refractivity contribution in [2.75, 3.05) is 5.32 Å². The molecular formula is C19H25N3O3S. The Morgan fingerprint density at radius 1 is 1.04 bits per heavy atom. The number of benzene rings is 1. The van der Waals surface area contributed by atoms with Gasteiger partial charge in [-0.05, 0) is 81.5 Å². The zero-order chi connectivity index (χ0) is 19.6. The lowest BCUT2D eigenvalue weighted by molar-refractivity contribution is -0.117. The van der Waals surface area contributed by atoms with Crippen LogP contribution in [0.2, 0.25) is 0 Å². The fraction of sp³-hybridized carbons (Fsp3) is 0.368. The largest absolute Gasteiger partial charge is 0.309 e. The minimum atomic E-state index is -3.84. The fourth-order valence-electron chi connectivity index (χ4n) is 2.77. The maximum absolute atomic E-state index is 12.9. The van der Waals surface area contributed by atoms with Crippen molar-refractivity contribution in [2.45, 2.75) is 52.5 Å². The molecule has 2 aromatic rings. The van der Waals surface area contributed by atoms with E-state index in [1.807, 2.05) is 32.9 Å². The molecule has 26 heavy (non-hydrogen) atoms. The van der Waals surface area contributed by atoms with Crippen LogP contribution >= 0.6 is 0 Å². The zero-order valence-corrected chi connectivity index (χ0v) is 16.8. The van der Waals surface area contributed by atoms with Crippen LogP contribution in [-0.2, 0) is 14.8 Å². The highest BCUT2D eigenvalue weighted by Crippen LogP contribution is 2.26. The molecule has 1 amide bonds. The highest BCUT2D eigenvalue weighted by Gasteiger charge is 2.26. The molecule has 0 spiro atoms. The predicted molar refractivity (Wildman–Crippen MR) is 103 cm³/mol. The third kappa shape index (κ3) is 4.28. The van der Waals surface area contributed by atoms with Crippen LogP contribution in [0.4, 0.5) is 5.82 Å². The van der Waals surface area contributed by atoms with E-state index in [1.165, 1.54) is 6.92 Å². The van der Waals surface area contributed by atoms with Gasteiger partial charge in [0.1, 0.15) is 5.82 Å². The third-order valence-electron chi connectivity index (χ3n) is 4.46. The van der Waals surface area contributed by atoms with Crippen molar-refractivity contribution in [2.24, 2.45) is 0 Å². The van der Waals surface area contributed by atoms with Gasteiger partial charge in [0.05, 0.1) is 10.9 Å². The quantitative estimate of drug-likeness (QED) is 0.841. The number of aryl methyl sites for hydroxylation is 3. The van der Waals surface area contributed by atoms with Gasteiger partial charge in [0.15, 0.2) is 0 Å². The first-order valence-electron chi connectivity index (χ1n) is 8.36. The first kappa shape index (κ1) is 20.1. The van der Waals surface area contributed by atoms with Crippen molar-refractivity contribution in [3.8, 4) is 0 Å². The van der Waals surface area contributed by atoms with Crippen LogP contribution in [0.3, 0.4) is 0 Å². The van der Waals surface area contributed by atoms with Crippen LogP contribution in [0.1, 0.15) is 34.7 Å². The van der Waals surface area contributed by atoms with Crippen LogP contribution in [0.15, 0.2) is 29.3 Å². The number of aromatic nitrogens is 1. The lowest BCUT2D eigenvalue weighted by Crippen LogP contribution is -2.42. The maximum atomic E-state index is 12.9. The number of anilines is 1. The van der Waals surface area contributed by atoms with Gasteiger partial charge in [-0.25, -0.2) is 13.4 Å². The Bertz CT molecular complexity index is 926. The average Bonchev–Trinajstić information content (AvgIpc) is 2.52. The van der Waals surface area contributed by atoms with Crippen LogP contribution in [0, 0.1) is 34.6 Å². The topological polar surface area (TPSA) is 88.2 Å². The summed E-state index contributed by atoms with van der Waals surface area (Å²) >= 11 is 0. The molecule has 2 rings (SSSR count). The maximum Gasteiger partial charge on any atom is 0.243 e. The summed E-state index contributed by atoms with van der Waals surface area (Å²) in [7, 11) is -3.84. The second-order valence-electron chi connectivity index (χ2n) is 6.64. The molecule has 1 aromatic carbocycles. The van der Waals surface area contributed by atoms with Crippen molar-refractivity contribution >= 4 is 21.7 Å². The van der Waals surface area contributed by atoms with Crippen LogP contribution < -0.4 is 10.0 Å². The van der Waals surface area contributed by atoms with Gasteiger partial charge >= 0.3 is 0 Å². The molecule has 0 aliphatic heterocycles. The Hall–Kier alpha value is -2.25. The van der Waals surface area contributed by atoms with Crippen LogP contribution in [0.25, 0.3) is 0 Å². The molecular weight excluding hydrogens is 350 g/mol. The smallest absolute Gasteiger partial charge is 0.243 e. The zero-order valence-electron chi connectivity index (χ0n) is 16.0. The lowest BCUT2D eigenvalue weighted by Gasteiger charge is -2.19. The molecule has 0 saturated heterocycles. The average molecular weight is 375 g/mol. The molecule has 0 saturated carbocycles. The van der Waals surface area contributed by atoms with Crippen molar-refractivity contribution in [1.29, 1.82) is 0 Å². The minimum Gasteiger partial charge on any atom is -0.309 e. The first-order valence-corrected chi connectivity index (χ1v) is 9.84. The van der Waals surface area contributed by atoms with Gasteiger partial charge in [-0.3, -0.25) is 4.79 Å². The molecule has 0 unspecified atom stereocenters. The number of sulfonamides is 1. The number of hydrogen-bond donors (Lipinski definition) is 2. The van der Waals surface area contributed by atoms with Crippen LogP contribution in [-0.4, -0.2) is 25.4 Å². The van der Waals surface area contributed by atoms with E-state index in [0.717, 1.165) is 16.7 Å². The summed E-state index contributed by atoms with van der Waals surface area (Å²) in [5, 5.41) is 2.63. The molecule has 0 radical (unpaired) electrons. The molecule has 0 aliphatic carbocycles. The Kier molecular flexibility index (Phi) is 5.83. The summed E-state index contributed by atoms with van der Waals surface area (Å²) in [5.74, 6) is -0.0776. The van der Waals surface area contributed by atoms with Gasteiger partial charge in [-0.15, -0.1) is 0 Å². The van der Waals surface area contributed by atoms with E-state index in [2.05, 4.69) is 15.0 Å². The third-order valence-corrected chi connectivity index (χ3v) is 6.27. The van der Waals surface area contributed by atoms with Crippen molar-refractivity contribution < 1.29 is 13.2 Å². The molecule has 140 valence electrons. The van der Waals surface area contributed by atoms with E-state index in [0.29, 0.717) is 16.9 Å². The first-order chi connectivity index (χ1) is 12.0. The van der Waals surface area contributed by atoms with E-state index in [9.17, 15) is 13.2 Å². The Morgan fingerprint density at radius 3 is 2.15 bits per heavy atom. The van der Waals surface area contributed by atoms with E-state index in [1.54, 1.807) is 26.1 Å². The van der Waals surface area contributed by atoms with Gasteiger partial charge in [-0.1, -0.05) is 6.07 Å². The van der Waals surface area contributed by atoms with Crippen molar-refractivity contribution in [3.63, 3.8) is 0 Å². The number of nitrogens with zero attached hydrogens (tertiary/aromatic N) is 1. The summed E-state index contributed by atoms with van der Waals surface area (Å²) < 4.78 is 28.3. The Morgan fingerprint density at radius 2 is 1.62 bits per heavy atom. The number of nitrogens with one attached hydrogen (secondary N) is 2. The minimum absolute atomic E-state index is 0.239. The molecule has 1 heterocycles. The molecule has 6 nitrogen and oxygen atoms in total. The second kappa shape index (κ2) is 7.55. The highest BCUT2D eigenvalue weighted by atomic mass is 32.2. The number of amides is 1. The van der Waals surface area contributed by atoms with Crippen molar-refractivity contribution in [1.82, 2.24) is 9.71 Å². The van der Waals surface area contributed by atoms with Crippen molar-refractivity contribution in [3.05, 3.63) is 52.2 Å². The number of carbonyl (C=O) groups is 1. The van der Waals surface area contributed by atoms with Gasteiger partial charge in [0, 0.05) is 6.20 Å². The van der Waals surface area contributed by atoms with Gasteiger partial charge in [0.2, 0.25) is 15.9 Å². The summed E-state index contributed by atoms with van der Waals surface area (Å²) in [5.41, 5.74) is 4.12. The van der Waals surface area contributed by atoms with Gasteiger partial charge in [0.25, 0.3) is 0 Å². The number of hydrogen-bond acceptors (Lipinski definition) is 4. The van der Waals surface area contributed by atoms with E-state index in [4.69, 9.17) is 0 Å². The molecule has 0 fully saturated rings. The molecule has 0 bridgehead atoms. The van der Waals surface area contributed by atoms with Crippen LogP contribution in [0.5, 0.6) is 0 Å². The number of pyridine rings is 1.